The first-order chi connectivity index (χ1) is 17.5. The Morgan fingerprint density at radius 2 is 1.89 bits per heavy atom. The van der Waals surface area contributed by atoms with E-state index in [9.17, 15) is 19.2 Å². The van der Waals surface area contributed by atoms with Crippen molar-refractivity contribution in [2.45, 2.75) is 84.0 Å². The van der Waals surface area contributed by atoms with Crippen molar-refractivity contribution >= 4 is 35.6 Å². The van der Waals surface area contributed by atoms with Crippen molar-refractivity contribution in [1.29, 1.82) is 0 Å². The van der Waals surface area contributed by atoms with Gasteiger partial charge in [-0.25, -0.2) is 4.79 Å². The van der Waals surface area contributed by atoms with E-state index in [0.717, 1.165) is 18.4 Å². The minimum absolute atomic E-state index is 0.0358. The molecule has 206 valence electrons. The minimum Gasteiger partial charge on any atom is -0.466 e. The number of hydrogen-bond donors (Lipinski definition) is 2. The van der Waals surface area contributed by atoms with E-state index in [4.69, 9.17) is 9.47 Å². The van der Waals surface area contributed by atoms with Crippen LogP contribution in [0.3, 0.4) is 0 Å². The summed E-state index contributed by atoms with van der Waals surface area (Å²) in [4.78, 5) is 53.5. The van der Waals surface area contributed by atoms with Gasteiger partial charge in [-0.3, -0.25) is 14.4 Å². The molecule has 2 atom stereocenters. The van der Waals surface area contributed by atoms with Crippen molar-refractivity contribution in [2.75, 3.05) is 25.2 Å². The summed E-state index contributed by atoms with van der Waals surface area (Å²) in [6.07, 6.45) is 3.23. The Balaban J connectivity index is 2.35. The van der Waals surface area contributed by atoms with Crippen LogP contribution in [0.25, 0.3) is 0 Å². The fourth-order valence-corrected chi connectivity index (χ4v) is 4.36. The van der Waals surface area contributed by atoms with Crippen LogP contribution in [0.1, 0.15) is 70.5 Å². The van der Waals surface area contributed by atoms with Crippen LogP contribution in [0, 0.1) is 6.92 Å². The van der Waals surface area contributed by atoms with Gasteiger partial charge in [-0.15, -0.1) is 0 Å². The minimum atomic E-state index is -0.903. The summed E-state index contributed by atoms with van der Waals surface area (Å²) >= 11 is 1.57. The molecule has 2 unspecified atom stereocenters. The number of carbonyl (C=O) groups is 4. The molecule has 2 N–H and O–H groups in total. The highest BCUT2D eigenvalue weighted by atomic mass is 32.2. The topological polar surface area (TPSA) is 114 Å². The second-order valence-corrected chi connectivity index (χ2v) is 11.1. The SMILES string of the molecule is CCOC(=O)CCNC(=O)C(c1cccc(C)c1)N(C(=O)C(CCSC)NC(=O)OC(C)(C)C)C1CC1. The zero-order valence-electron chi connectivity index (χ0n) is 22.8. The van der Waals surface area contributed by atoms with Crippen molar-refractivity contribution in [3.8, 4) is 0 Å². The molecule has 0 aliphatic heterocycles. The van der Waals surface area contributed by atoms with Gasteiger partial charge in [0, 0.05) is 12.6 Å². The van der Waals surface area contributed by atoms with E-state index < -0.39 is 29.7 Å². The molecule has 0 radical (unpaired) electrons. The average molecular weight is 536 g/mol. The molecule has 10 heteroatoms. The third-order valence-corrected chi connectivity index (χ3v) is 6.26. The first-order valence-corrected chi connectivity index (χ1v) is 14.2. The molecule has 1 aliphatic carbocycles. The summed E-state index contributed by atoms with van der Waals surface area (Å²) in [5.41, 5.74) is 0.918. The molecule has 0 bridgehead atoms. The summed E-state index contributed by atoms with van der Waals surface area (Å²) in [5, 5.41) is 5.55. The number of nitrogens with one attached hydrogen (secondary N) is 2. The molecule has 9 nitrogen and oxygen atoms in total. The highest BCUT2D eigenvalue weighted by Gasteiger charge is 2.44. The molecule has 37 heavy (non-hydrogen) atoms. The lowest BCUT2D eigenvalue weighted by atomic mass is 10.00. The lowest BCUT2D eigenvalue weighted by Gasteiger charge is -2.35. The highest BCUT2D eigenvalue weighted by Crippen LogP contribution is 2.36. The van der Waals surface area contributed by atoms with Crippen LogP contribution in [-0.4, -0.2) is 71.6 Å². The Kier molecular flexibility index (Phi) is 11.7. The Morgan fingerprint density at radius 1 is 1.19 bits per heavy atom. The van der Waals surface area contributed by atoms with Gasteiger partial charge in [-0.1, -0.05) is 29.8 Å². The number of aryl methyl sites for hydroxylation is 1. The van der Waals surface area contributed by atoms with Gasteiger partial charge in [0.25, 0.3) is 0 Å². The summed E-state index contributed by atoms with van der Waals surface area (Å²) in [7, 11) is 0. The van der Waals surface area contributed by atoms with Crippen LogP contribution in [0.2, 0.25) is 0 Å². The summed E-state index contributed by atoms with van der Waals surface area (Å²) in [6.45, 7) is 9.29. The van der Waals surface area contributed by atoms with E-state index in [1.807, 2.05) is 37.4 Å². The summed E-state index contributed by atoms with van der Waals surface area (Å²) < 4.78 is 10.4. The fraction of sp³-hybridized carbons (Fsp3) is 0.630. The van der Waals surface area contributed by atoms with Gasteiger partial charge in [0.1, 0.15) is 17.7 Å². The maximum Gasteiger partial charge on any atom is 0.408 e. The highest BCUT2D eigenvalue weighted by molar-refractivity contribution is 7.98. The standard InChI is InChI=1S/C27H41N3O6S/c1-7-35-22(31)13-15-28-24(32)23(19-10-8-9-18(2)17-19)30(20-11-12-20)25(33)21(14-16-37-6)29-26(34)36-27(3,4)5/h8-10,17,20-21,23H,7,11-16H2,1-6H3,(H,28,32)(H,29,34). The average Bonchev–Trinajstić information content (AvgIpc) is 3.63. The van der Waals surface area contributed by atoms with E-state index in [-0.39, 0.29) is 37.4 Å². The van der Waals surface area contributed by atoms with Gasteiger partial charge in [-0.2, -0.15) is 11.8 Å². The van der Waals surface area contributed by atoms with Gasteiger partial charge in [0.15, 0.2) is 0 Å². The van der Waals surface area contributed by atoms with Crippen LogP contribution in [-0.2, 0) is 23.9 Å². The van der Waals surface area contributed by atoms with Crippen molar-refractivity contribution in [2.24, 2.45) is 0 Å². The number of rotatable bonds is 13. The predicted molar refractivity (Wildman–Crippen MR) is 144 cm³/mol. The number of carbonyl (C=O) groups excluding carboxylic acids is 4. The van der Waals surface area contributed by atoms with E-state index in [2.05, 4.69) is 10.6 Å². The van der Waals surface area contributed by atoms with Crippen molar-refractivity contribution in [3.05, 3.63) is 35.4 Å². The Morgan fingerprint density at radius 3 is 2.46 bits per heavy atom. The van der Waals surface area contributed by atoms with Crippen LogP contribution >= 0.6 is 11.8 Å². The number of amides is 3. The smallest absolute Gasteiger partial charge is 0.408 e. The summed E-state index contributed by atoms with van der Waals surface area (Å²) in [5.74, 6) is -0.458. The lowest BCUT2D eigenvalue weighted by Crippen LogP contribution is -2.54. The number of benzene rings is 1. The molecule has 2 rings (SSSR count). The Labute approximate surface area is 224 Å². The second kappa shape index (κ2) is 14.3. The Bertz CT molecular complexity index is 944. The van der Waals surface area contributed by atoms with E-state index in [1.54, 1.807) is 44.4 Å². The maximum atomic E-state index is 14.0. The van der Waals surface area contributed by atoms with E-state index >= 15 is 0 Å². The van der Waals surface area contributed by atoms with Crippen LogP contribution in [0.4, 0.5) is 4.79 Å². The molecule has 0 saturated heterocycles. The quantitative estimate of drug-likeness (QED) is 0.370. The fourth-order valence-electron chi connectivity index (χ4n) is 3.89. The molecule has 1 saturated carbocycles. The third-order valence-electron chi connectivity index (χ3n) is 5.61. The molecular weight excluding hydrogens is 494 g/mol. The van der Waals surface area contributed by atoms with Gasteiger partial charge >= 0.3 is 12.1 Å². The Hall–Kier alpha value is -2.75. The maximum absolute atomic E-state index is 14.0. The van der Waals surface area contributed by atoms with Crippen LogP contribution < -0.4 is 10.6 Å². The number of ether oxygens (including phenoxy) is 2. The van der Waals surface area contributed by atoms with Gasteiger partial charge < -0.3 is 25.0 Å². The molecule has 1 aromatic rings. The molecule has 1 fully saturated rings. The molecule has 0 spiro atoms. The van der Waals surface area contributed by atoms with Gasteiger partial charge in [0.05, 0.1) is 13.0 Å². The number of alkyl carbamates (subject to hydrolysis) is 1. The van der Waals surface area contributed by atoms with Crippen molar-refractivity contribution in [1.82, 2.24) is 15.5 Å². The van der Waals surface area contributed by atoms with E-state index in [1.165, 1.54) is 0 Å². The third kappa shape index (κ3) is 10.3. The lowest BCUT2D eigenvalue weighted by molar-refractivity contribution is -0.144. The number of hydrogen-bond acceptors (Lipinski definition) is 7. The van der Waals surface area contributed by atoms with Crippen LogP contribution in [0.15, 0.2) is 24.3 Å². The van der Waals surface area contributed by atoms with E-state index in [0.29, 0.717) is 17.7 Å². The normalized spacial score (nSPS) is 14.8. The number of nitrogens with zero attached hydrogens (tertiary/aromatic N) is 1. The first kappa shape index (κ1) is 30.5. The van der Waals surface area contributed by atoms with Gasteiger partial charge in [-0.05, 0) is 71.5 Å². The zero-order chi connectivity index (χ0) is 27.6. The van der Waals surface area contributed by atoms with Gasteiger partial charge in [0.2, 0.25) is 11.8 Å². The number of thioether (sulfide) groups is 1. The number of esters is 1. The molecular formula is C27H41N3O6S. The summed E-state index contributed by atoms with van der Waals surface area (Å²) in [6, 6.07) is 5.62. The molecule has 0 aromatic heterocycles. The van der Waals surface area contributed by atoms with Crippen molar-refractivity contribution in [3.63, 3.8) is 0 Å². The van der Waals surface area contributed by atoms with Crippen LogP contribution in [0.5, 0.6) is 0 Å². The monoisotopic (exact) mass is 535 g/mol. The molecule has 1 aliphatic rings. The van der Waals surface area contributed by atoms with Crippen molar-refractivity contribution < 1.29 is 28.7 Å². The molecule has 3 amide bonds. The zero-order valence-corrected chi connectivity index (χ0v) is 23.6. The molecule has 1 aromatic carbocycles. The predicted octanol–water partition coefficient (Wildman–Crippen LogP) is 3.74. The molecule has 0 heterocycles. The largest absolute Gasteiger partial charge is 0.466 e. The first-order valence-electron chi connectivity index (χ1n) is 12.8. The second-order valence-electron chi connectivity index (χ2n) is 10.1.